The first-order valence-electron chi connectivity index (χ1n) is 8.39. The Morgan fingerprint density at radius 1 is 1.00 bits per heavy atom. The van der Waals surface area contributed by atoms with E-state index < -0.39 is 18.0 Å². The number of esters is 1. The van der Waals surface area contributed by atoms with Gasteiger partial charge in [0.15, 0.2) is 6.10 Å². The van der Waals surface area contributed by atoms with Crippen LogP contribution < -0.4 is 5.32 Å². The fourth-order valence-electron chi connectivity index (χ4n) is 2.65. The van der Waals surface area contributed by atoms with E-state index >= 15 is 0 Å². The third-order valence-corrected chi connectivity index (χ3v) is 4.19. The second-order valence-corrected chi connectivity index (χ2v) is 6.24. The minimum absolute atomic E-state index is 0.160. The van der Waals surface area contributed by atoms with Crippen molar-refractivity contribution in [3.8, 4) is 11.5 Å². The van der Waals surface area contributed by atoms with Crippen molar-refractivity contribution in [1.82, 2.24) is 0 Å². The number of benzene rings is 3. The largest absolute Gasteiger partial charge is 0.507 e. The number of hydrogen-bond acceptors (Lipinski definition) is 5. The summed E-state index contributed by atoms with van der Waals surface area (Å²) in [5.41, 5.74) is 1.43. The maximum Gasteiger partial charge on any atom is 0.342 e. The molecule has 3 rings (SSSR count). The molecule has 0 radical (unpaired) electrons. The molecule has 6 nitrogen and oxygen atoms in total. The highest BCUT2D eigenvalue weighted by Crippen LogP contribution is 2.35. The number of carbonyl (C=O) groups excluding carboxylic acids is 2. The lowest BCUT2D eigenvalue weighted by atomic mass is 10.0. The molecule has 1 amide bonds. The van der Waals surface area contributed by atoms with Crippen LogP contribution in [0.4, 0.5) is 5.69 Å². The van der Waals surface area contributed by atoms with Gasteiger partial charge >= 0.3 is 5.97 Å². The fourth-order valence-corrected chi connectivity index (χ4v) is 2.65. The van der Waals surface area contributed by atoms with Crippen molar-refractivity contribution in [2.24, 2.45) is 0 Å². The predicted molar refractivity (Wildman–Crippen MR) is 102 cm³/mol. The number of ether oxygens (including phenoxy) is 1. The molecule has 0 saturated carbocycles. The minimum Gasteiger partial charge on any atom is -0.507 e. The Morgan fingerprint density at radius 3 is 2.30 bits per heavy atom. The molecule has 3 aromatic carbocycles. The third-order valence-electron chi connectivity index (χ3n) is 4.19. The number of rotatable bonds is 4. The lowest BCUT2D eigenvalue weighted by molar-refractivity contribution is -0.123. The second-order valence-electron chi connectivity index (χ2n) is 6.24. The van der Waals surface area contributed by atoms with Crippen LogP contribution in [0.2, 0.25) is 0 Å². The van der Waals surface area contributed by atoms with Crippen molar-refractivity contribution in [2.75, 3.05) is 5.32 Å². The Morgan fingerprint density at radius 2 is 1.63 bits per heavy atom. The van der Waals surface area contributed by atoms with Crippen LogP contribution >= 0.6 is 0 Å². The van der Waals surface area contributed by atoms with Crippen LogP contribution in [0.3, 0.4) is 0 Å². The van der Waals surface area contributed by atoms with Crippen LogP contribution in [0, 0.1) is 6.92 Å². The molecular formula is C21H19NO5. The molecule has 3 N–H and O–H groups in total. The Kier molecular flexibility index (Phi) is 4.98. The van der Waals surface area contributed by atoms with E-state index in [-0.39, 0.29) is 17.1 Å². The van der Waals surface area contributed by atoms with Crippen LogP contribution in [0.5, 0.6) is 11.5 Å². The van der Waals surface area contributed by atoms with E-state index in [0.29, 0.717) is 16.5 Å². The molecule has 0 spiro atoms. The van der Waals surface area contributed by atoms with Crippen molar-refractivity contribution in [2.45, 2.75) is 20.0 Å². The van der Waals surface area contributed by atoms with Crippen LogP contribution in [0.1, 0.15) is 22.8 Å². The van der Waals surface area contributed by atoms with Gasteiger partial charge in [0.1, 0.15) is 17.1 Å². The van der Waals surface area contributed by atoms with Gasteiger partial charge < -0.3 is 20.3 Å². The number of nitrogens with one attached hydrogen (secondary N) is 1. The maximum atomic E-state index is 12.4. The predicted octanol–water partition coefficient (Wildman–Crippen LogP) is 3.74. The highest BCUT2D eigenvalue weighted by Gasteiger charge is 2.23. The molecule has 0 unspecified atom stereocenters. The van der Waals surface area contributed by atoms with Crippen molar-refractivity contribution >= 4 is 28.3 Å². The van der Waals surface area contributed by atoms with E-state index in [4.69, 9.17) is 4.74 Å². The van der Waals surface area contributed by atoms with Crippen LogP contribution in [0.15, 0.2) is 54.6 Å². The van der Waals surface area contributed by atoms with Gasteiger partial charge in [-0.25, -0.2) is 4.79 Å². The quantitative estimate of drug-likeness (QED) is 0.483. The Labute approximate surface area is 156 Å². The molecule has 3 aromatic rings. The van der Waals surface area contributed by atoms with Gasteiger partial charge in [0.05, 0.1) is 0 Å². The minimum atomic E-state index is -1.09. The van der Waals surface area contributed by atoms with Crippen molar-refractivity contribution in [3.05, 3.63) is 65.7 Å². The molecule has 0 fully saturated rings. The SMILES string of the molecule is Cc1ccc(NC(=O)[C@@H](C)OC(=O)c2cc(O)c3ccccc3c2O)cc1. The van der Waals surface area contributed by atoms with Gasteiger partial charge in [-0.2, -0.15) is 0 Å². The summed E-state index contributed by atoms with van der Waals surface area (Å²) in [6.07, 6.45) is -1.09. The summed E-state index contributed by atoms with van der Waals surface area (Å²) in [6.45, 7) is 3.36. The number of hydrogen-bond donors (Lipinski definition) is 3. The molecule has 0 aliphatic heterocycles. The molecule has 0 aliphatic rings. The monoisotopic (exact) mass is 365 g/mol. The molecule has 27 heavy (non-hydrogen) atoms. The van der Waals surface area contributed by atoms with Crippen molar-refractivity contribution in [1.29, 1.82) is 0 Å². The average molecular weight is 365 g/mol. The van der Waals surface area contributed by atoms with Crippen LogP contribution in [0.25, 0.3) is 10.8 Å². The highest BCUT2D eigenvalue weighted by atomic mass is 16.5. The summed E-state index contributed by atoms with van der Waals surface area (Å²) in [4.78, 5) is 24.6. The highest BCUT2D eigenvalue weighted by molar-refractivity contribution is 6.04. The fraction of sp³-hybridized carbons (Fsp3) is 0.143. The maximum absolute atomic E-state index is 12.4. The first-order chi connectivity index (χ1) is 12.9. The molecular weight excluding hydrogens is 346 g/mol. The van der Waals surface area contributed by atoms with Gasteiger partial charge in [0.25, 0.3) is 5.91 Å². The number of aromatic hydroxyl groups is 2. The molecule has 0 aliphatic carbocycles. The van der Waals surface area contributed by atoms with Crippen LogP contribution in [-0.4, -0.2) is 28.2 Å². The number of fused-ring (bicyclic) bond motifs is 1. The molecule has 0 heterocycles. The first kappa shape index (κ1) is 18.3. The zero-order valence-electron chi connectivity index (χ0n) is 14.9. The molecule has 138 valence electrons. The number of carbonyl (C=O) groups is 2. The molecule has 1 atom stereocenters. The summed E-state index contributed by atoms with van der Waals surface area (Å²) >= 11 is 0. The number of amides is 1. The first-order valence-corrected chi connectivity index (χ1v) is 8.39. The van der Waals surface area contributed by atoms with Gasteiger partial charge in [0.2, 0.25) is 0 Å². The lowest BCUT2D eigenvalue weighted by Crippen LogP contribution is -2.30. The van der Waals surface area contributed by atoms with Gasteiger partial charge in [-0.1, -0.05) is 42.0 Å². The van der Waals surface area contributed by atoms with E-state index in [1.165, 1.54) is 6.92 Å². The smallest absolute Gasteiger partial charge is 0.342 e. The van der Waals surface area contributed by atoms with Gasteiger partial charge in [-0.05, 0) is 32.0 Å². The topological polar surface area (TPSA) is 95.9 Å². The van der Waals surface area contributed by atoms with Crippen molar-refractivity contribution in [3.63, 3.8) is 0 Å². The molecule has 0 aromatic heterocycles. The molecule has 0 saturated heterocycles. The summed E-state index contributed by atoms with van der Waals surface area (Å²) in [5.74, 6) is -1.87. The van der Waals surface area contributed by atoms with E-state index in [9.17, 15) is 19.8 Å². The third kappa shape index (κ3) is 3.84. The van der Waals surface area contributed by atoms with Crippen LogP contribution in [-0.2, 0) is 9.53 Å². The average Bonchev–Trinajstić information content (AvgIpc) is 2.66. The summed E-state index contributed by atoms with van der Waals surface area (Å²) in [7, 11) is 0. The zero-order chi connectivity index (χ0) is 19.6. The summed E-state index contributed by atoms with van der Waals surface area (Å²) < 4.78 is 5.16. The summed E-state index contributed by atoms with van der Waals surface area (Å²) in [5, 5.41) is 23.8. The van der Waals surface area contributed by atoms with Crippen molar-refractivity contribution < 1.29 is 24.5 Å². The number of aryl methyl sites for hydroxylation is 1. The van der Waals surface area contributed by atoms with Gasteiger partial charge in [-0.15, -0.1) is 0 Å². The Bertz CT molecular complexity index is 1010. The van der Waals surface area contributed by atoms with E-state index in [1.807, 2.05) is 19.1 Å². The number of phenols is 2. The van der Waals surface area contributed by atoms with E-state index in [0.717, 1.165) is 11.6 Å². The number of anilines is 1. The molecule has 0 bridgehead atoms. The Balaban J connectivity index is 1.76. The molecule has 6 heteroatoms. The van der Waals surface area contributed by atoms with E-state index in [2.05, 4.69) is 5.32 Å². The zero-order valence-corrected chi connectivity index (χ0v) is 14.9. The van der Waals surface area contributed by atoms with Gasteiger partial charge in [-0.3, -0.25) is 4.79 Å². The Hall–Kier alpha value is -3.54. The summed E-state index contributed by atoms with van der Waals surface area (Å²) in [6, 6.07) is 14.9. The number of phenolic OH excluding ortho intramolecular Hbond substituents is 2. The lowest BCUT2D eigenvalue weighted by Gasteiger charge is -2.15. The van der Waals surface area contributed by atoms with E-state index in [1.54, 1.807) is 36.4 Å². The second kappa shape index (κ2) is 7.37. The standard InChI is InChI=1S/C21H19NO5/c1-12-7-9-14(10-8-12)22-20(25)13(2)27-21(26)17-11-18(23)15-5-3-4-6-16(15)19(17)24/h3-11,13,23-24H,1-2H3,(H,22,25)/t13-/m1/s1. The normalized spacial score (nSPS) is 11.8. The van der Waals surface area contributed by atoms with Gasteiger partial charge in [0, 0.05) is 16.5 Å².